The topological polar surface area (TPSA) is 34.2 Å². The van der Waals surface area contributed by atoms with E-state index in [1.165, 1.54) is 0 Å². The molecular weight excluding hydrogens is 245 g/mol. The van der Waals surface area contributed by atoms with Crippen LogP contribution in [0.1, 0.15) is 23.2 Å². The zero-order chi connectivity index (χ0) is 13.8. The first-order chi connectivity index (χ1) is 8.33. The summed E-state index contributed by atoms with van der Waals surface area (Å²) in [6, 6.07) is 1.88. The number of aromatic nitrogens is 1. The Morgan fingerprint density at radius 1 is 1.33 bits per heavy atom. The van der Waals surface area contributed by atoms with Gasteiger partial charge in [0.05, 0.1) is 13.0 Å². The minimum atomic E-state index is -4.21. The summed E-state index contributed by atoms with van der Waals surface area (Å²) < 4.78 is 41.3. The fourth-order valence-electron chi connectivity index (χ4n) is 1.60. The molecule has 0 saturated carbocycles. The molecule has 1 rings (SSSR count). The fourth-order valence-corrected chi connectivity index (χ4v) is 1.60. The van der Waals surface area contributed by atoms with Crippen LogP contribution in [0.5, 0.6) is 5.88 Å². The Bertz CT molecular complexity index is 405. The van der Waals surface area contributed by atoms with Gasteiger partial charge in [0.2, 0.25) is 5.88 Å². The van der Waals surface area contributed by atoms with Gasteiger partial charge < -0.3 is 10.1 Å². The fraction of sp³-hybridized carbons (Fsp3) is 0.583. The van der Waals surface area contributed by atoms with Crippen LogP contribution in [-0.4, -0.2) is 24.8 Å². The second kappa shape index (κ2) is 6.04. The summed E-state index contributed by atoms with van der Waals surface area (Å²) in [5.41, 5.74) is 2.48. The summed E-state index contributed by atoms with van der Waals surface area (Å²) in [5.74, 6) is 0.283. The first kappa shape index (κ1) is 14.8. The SMILES string of the molecule is CNCc1c(C)cc(C)nc1OCCC(F)(F)F. The lowest BCUT2D eigenvalue weighted by atomic mass is 10.1. The lowest BCUT2D eigenvalue weighted by Gasteiger charge is -2.14. The monoisotopic (exact) mass is 262 g/mol. The Balaban J connectivity index is 2.79. The van der Waals surface area contributed by atoms with Crippen molar-refractivity contribution in [1.82, 2.24) is 10.3 Å². The molecule has 0 aliphatic rings. The molecule has 0 fully saturated rings. The van der Waals surface area contributed by atoms with E-state index in [9.17, 15) is 13.2 Å². The van der Waals surface area contributed by atoms with Crippen molar-refractivity contribution in [3.8, 4) is 5.88 Å². The molecule has 1 heterocycles. The van der Waals surface area contributed by atoms with E-state index in [2.05, 4.69) is 10.3 Å². The highest BCUT2D eigenvalue weighted by Crippen LogP contribution is 2.23. The minimum Gasteiger partial charge on any atom is -0.477 e. The van der Waals surface area contributed by atoms with Gasteiger partial charge in [-0.2, -0.15) is 13.2 Å². The van der Waals surface area contributed by atoms with Crippen LogP contribution in [0, 0.1) is 13.8 Å². The average Bonchev–Trinajstić information content (AvgIpc) is 2.21. The third kappa shape index (κ3) is 4.52. The van der Waals surface area contributed by atoms with Crippen molar-refractivity contribution in [3.05, 3.63) is 22.9 Å². The molecule has 0 aliphatic heterocycles. The van der Waals surface area contributed by atoms with Crippen LogP contribution < -0.4 is 10.1 Å². The van der Waals surface area contributed by atoms with Crippen molar-refractivity contribution in [2.24, 2.45) is 0 Å². The smallest absolute Gasteiger partial charge is 0.392 e. The first-order valence-electron chi connectivity index (χ1n) is 5.64. The summed E-state index contributed by atoms with van der Waals surface area (Å²) in [4.78, 5) is 4.14. The predicted molar refractivity (Wildman–Crippen MR) is 62.6 cm³/mol. The maximum absolute atomic E-state index is 12.1. The number of ether oxygens (including phenoxy) is 1. The van der Waals surface area contributed by atoms with Crippen molar-refractivity contribution in [2.75, 3.05) is 13.7 Å². The summed E-state index contributed by atoms with van der Waals surface area (Å²) in [6.45, 7) is 3.78. The number of pyridine rings is 1. The van der Waals surface area contributed by atoms with Crippen LogP contribution in [0.15, 0.2) is 6.07 Å². The third-order valence-electron chi connectivity index (χ3n) is 2.42. The molecule has 0 spiro atoms. The zero-order valence-electron chi connectivity index (χ0n) is 10.7. The molecule has 1 aromatic rings. The van der Waals surface area contributed by atoms with Gasteiger partial charge >= 0.3 is 6.18 Å². The Morgan fingerprint density at radius 3 is 2.56 bits per heavy atom. The number of halogens is 3. The van der Waals surface area contributed by atoms with Crippen LogP contribution in [0.2, 0.25) is 0 Å². The predicted octanol–water partition coefficient (Wildman–Crippen LogP) is 2.75. The number of hydrogen-bond donors (Lipinski definition) is 1. The van der Waals surface area contributed by atoms with Crippen LogP contribution in [0.25, 0.3) is 0 Å². The Morgan fingerprint density at radius 2 is 2.00 bits per heavy atom. The molecule has 0 saturated heterocycles. The van der Waals surface area contributed by atoms with Gasteiger partial charge in [-0.25, -0.2) is 4.98 Å². The summed E-state index contributed by atoms with van der Waals surface area (Å²) in [5, 5.41) is 2.95. The second-order valence-electron chi connectivity index (χ2n) is 4.11. The number of nitrogens with one attached hydrogen (secondary N) is 1. The quantitative estimate of drug-likeness (QED) is 0.886. The highest BCUT2D eigenvalue weighted by molar-refractivity contribution is 5.35. The normalized spacial score (nSPS) is 11.7. The van der Waals surface area contributed by atoms with Gasteiger partial charge in [-0.15, -0.1) is 0 Å². The largest absolute Gasteiger partial charge is 0.477 e. The van der Waals surface area contributed by atoms with Crippen molar-refractivity contribution >= 4 is 0 Å². The van der Waals surface area contributed by atoms with E-state index >= 15 is 0 Å². The van der Waals surface area contributed by atoms with Crippen LogP contribution in [-0.2, 0) is 6.54 Å². The third-order valence-corrected chi connectivity index (χ3v) is 2.42. The maximum atomic E-state index is 12.1. The second-order valence-corrected chi connectivity index (χ2v) is 4.11. The summed E-state index contributed by atoms with van der Waals surface area (Å²) >= 11 is 0. The Kier molecular flexibility index (Phi) is 4.95. The molecule has 18 heavy (non-hydrogen) atoms. The van der Waals surface area contributed by atoms with Gasteiger partial charge in [-0.3, -0.25) is 0 Å². The molecule has 102 valence electrons. The van der Waals surface area contributed by atoms with E-state index in [0.29, 0.717) is 6.54 Å². The molecule has 0 atom stereocenters. The standard InChI is InChI=1S/C12H17F3N2O/c1-8-6-9(2)17-11(10(8)7-16-3)18-5-4-12(13,14)15/h6,16H,4-5,7H2,1-3H3. The maximum Gasteiger partial charge on any atom is 0.392 e. The van der Waals surface area contributed by atoms with E-state index in [4.69, 9.17) is 4.74 Å². The molecule has 1 N–H and O–H groups in total. The van der Waals surface area contributed by atoms with Gasteiger partial charge in [0.15, 0.2) is 0 Å². The number of hydrogen-bond acceptors (Lipinski definition) is 3. The van der Waals surface area contributed by atoms with Gasteiger partial charge in [0, 0.05) is 17.8 Å². The molecule has 0 aromatic carbocycles. The Hall–Kier alpha value is -1.30. The van der Waals surface area contributed by atoms with E-state index < -0.39 is 19.2 Å². The first-order valence-corrected chi connectivity index (χ1v) is 5.64. The number of alkyl halides is 3. The van der Waals surface area contributed by atoms with Gasteiger partial charge in [-0.05, 0) is 32.5 Å². The highest BCUT2D eigenvalue weighted by atomic mass is 19.4. The summed E-state index contributed by atoms with van der Waals surface area (Å²) in [6.07, 6.45) is -5.18. The van der Waals surface area contributed by atoms with Crippen molar-refractivity contribution in [1.29, 1.82) is 0 Å². The van der Waals surface area contributed by atoms with Gasteiger partial charge in [0.25, 0.3) is 0 Å². The average molecular weight is 262 g/mol. The van der Waals surface area contributed by atoms with Crippen LogP contribution in [0.4, 0.5) is 13.2 Å². The van der Waals surface area contributed by atoms with E-state index in [-0.39, 0.29) is 5.88 Å². The lowest BCUT2D eigenvalue weighted by Crippen LogP contribution is -2.16. The van der Waals surface area contributed by atoms with Crippen LogP contribution >= 0.6 is 0 Å². The van der Waals surface area contributed by atoms with Crippen molar-refractivity contribution < 1.29 is 17.9 Å². The molecule has 0 aliphatic carbocycles. The molecule has 0 unspecified atom stereocenters. The summed E-state index contributed by atoms with van der Waals surface area (Å²) in [7, 11) is 1.76. The van der Waals surface area contributed by atoms with Gasteiger partial charge in [0.1, 0.15) is 0 Å². The molecular formula is C12H17F3N2O. The molecule has 3 nitrogen and oxygen atoms in total. The molecule has 6 heteroatoms. The number of nitrogens with zero attached hydrogens (tertiary/aromatic N) is 1. The van der Waals surface area contributed by atoms with Crippen LogP contribution in [0.3, 0.4) is 0 Å². The number of aryl methyl sites for hydroxylation is 2. The highest BCUT2D eigenvalue weighted by Gasteiger charge is 2.27. The molecule has 1 aromatic heterocycles. The Labute approximate surface area is 104 Å². The van der Waals surface area contributed by atoms with Gasteiger partial charge in [-0.1, -0.05) is 0 Å². The zero-order valence-corrected chi connectivity index (χ0v) is 10.7. The number of rotatable bonds is 5. The van der Waals surface area contributed by atoms with E-state index in [0.717, 1.165) is 16.8 Å². The lowest BCUT2D eigenvalue weighted by molar-refractivity contribution is -0.139. The molecule has 0 radical (unpaired) electrons. The van der Waals surface area contributed by atoms with Crippen molar-refractivity contribution in [3.63, 3.8) is 0 Å². The van der Waals surface area contributed by atoms with E-state index in [1.54, 1.807) is 14.0 Å². The van der Waals surface area contributed by atoms with E-state index in [1.807, 2.05) is 13.0 Å². The molecule has 0 bridgehead atoms. The minimum absolute atomic E-state index is 0.283. The van der Waals surface area contributed by atoms with Crippen molar-refractivity contribution in [2.45, 2.75) is 33.0 Å². The molecule has 0 amide bonds.